The van der Waals surface area contributed by atoms with Crippen molar-refractivity contribution in [1.82, 2.24) is 0 Å². The lowest BCUT2D eigenvalue weighted by Crippen LogP contribution is -2.05. The van der Waals surface area contributed by atoms with Gasteiger partial charge in [0.2, 0.25) is 5.75 Å². The summed E-state index contributed by atoms with van der Waals surface area (Å²) in [6, 6.07) is 2.03. The molecule has 1 rings (SSSR count). The number of rotatable bonds is 8. The summed E-state index contributed by atoms with van der Waals surface area (Å²) < 4.78 is 10.7. The third-order valence-corrected chi connectivity index (χ3v) is 2.34. The van der Waals surface area contributed by atoms with Crippen LogP contribution in [-0.4, -0.2) is 35.3 Å². The lowest BCUT2D eigenvalue weighted by atomic mass is 10.2. The van der Waals surface area contributed by atoms with Crippen molar-refractivity contribution in [2.24, 2.45) is 0 Å². The Morgan fingerprint density at radius 1 is 1.00 bits per heavy atom. The molecule has 0 atom stereocenters. The van der Waals surface area contributed by atoms with E-state index >= 15 is 0 Å². The van der Waals surface area contributed by atoms with Crippen LogP contribution >= 0.6 is 0 Å². The van der Waals surface area contributed by atoms with Gasteiger partial charge in [-0.25, -0.2) is 0 Å². The third-order valence-electron chi connectivity index (χ3n) is 2.34. The van der Waals surface area contributed by atoms with Gasteiger partial charge in [0.05, 0.1) is 35.2 Å². The smallest absolute Gasteiger partial charge is 0.321 e. The van der Waals surface area contributed by atoms with Gasteiger partial charge in [-0.3, -0.25) is 20.2 Å². The zero-order chi connectivity index (χ0) is 17.1. The number of nitrogens with zero attached hydrogens (tertiary/aromatic N) is 2. The van der Waals surface area contributed by atoms with Gasteiger partial charge >= 0.3 is 5.69 Å². The Balaban J connectivity index is 0.00000211. The van der Waals surface area contributed by atoms with Gasteiger partial charge in [0.1, 0.15) is 0 Å². The van der Waals surface area contributed by atoms with E-state index in [2.05, 4.69) is 0 Å². The largest absolute Gasteiger partial charge is 0.489 e. The van der Waals surface area contributed by atoms with Gasteiger partial charge in [-0.1, -0.05) is 13.8 Å². The lowest BCUT2D eigenvalue weighted by Gasteiger charge is -2.12. The molecule has 9 nitrogen and oxygen atoms in total. The number of hydrogen-bond acceptors (Lipinski definition) is 7. The van der Waals surface area contributed by atoms with Crippen LogP contribution in [0.4, 0.5) is 11.4 Å². The van der Waals surface area contributed by atoms with Crippen LogP contribution in [0.1, 0.15) is 26.7 Å². The molecule has 0 aliphatic heterocycles. The van der Waals surface area contributed by atoms with E-state index < -0.39 is 21.2 Å². The molecule has 0 saturated carbocycles. The van der Waals surface area contributed by atoms with Crippen LogP contribution < -0.4 is 9.47 Å². The summed E-state index contributed by atoms with van der Waals surface area (Å²) in [6.45, 7) is 4.27. The van der Waals surface area contributed by atoms with Crippen molar-refractivity contribution in [3.05, 3.63) is 32.4 Å². The van der Waals surface area contributed by atoms with Crippen LogP contribution in [0.5, 0.6) is 11.5 Å². The fraction of sp³-hybridized carbons (Fsp3) is 0.538. The van der Waals surface area contributed by atoms with Crippen molar-refractivity contribution in [3.8, 4) is 11.5 Å². The Labute approximate surface area is 127 Å². The molecular formula is C13H20N2O7. The minimum Gasteiger partial charge on any atom is -0.489 e. The van der Waals surface area contributed by atoms with Gasteiger partial charge in [0, 0.05) is 7.11 Å². The summed E-state index contributed by atoms with van der Waals surface area (Å²) in [5.74, 6) is -0.0305. The highest BCUT2D eigenvalue weighted by Gasteiger charge is 2.26. The van der Waals surface area contributed by atoms with E-state index in [1.54, 1.807) is 0 Å². The van der Waals surface area contributed by atoms with Gasteiger partial charge in [-0.15, -0.1) is 0 Å². The van der Waals surface area contributed by atoms with Crippen LogP contribution in [0.25, 0.3) is 0 Å². The molecule has 124 valence electrons. The molecule has 0 heterocycles. The molecule has 1 aromatic rings. The van der Waals surface area contributed by atoms with Crippen molar-refractivity contribution >= 4 is 11.4 Å². The topological polar surface area (TPSA) is 125 Å². The fourth-order valence-corrected chi connectivity index (χ4v) is 1.48. The Morgan fingerprint density at radius 2 is 1.55 bits per heavy atom. The maximum atomic E-state index is 11.0. The minimum atomic E-state index is -0.712. The Bertz CT molecular complexity index is 505. The second-order valence-electron chi connectivity index (χ2n) is 4.00. The van der Waals surface area contributed by atoms with E-state index in [-0.39, 0.29) is 18.1 Å². The van der Waals surface area contributed by atoms with Crippen LogP contribution in [0.2, 0.25) is 0 Å². The number of nitro benzene ring substituents is 2. The van der Waals surface area contributed by atoms with Crippen LogP contribution in [0.3, 0.4) is 0 Å². The summed E-state index contributed by atoms with van der Waals surface area (Å²) in [5, 5.41) is 28.8. The molecule has 0 aliphatic rings. The highest BCUT2D eigenvalue weighted by atomic mass is 16.6. The zero-order valence-corrected chi connectivity index (χ0v) is 12.8. The summed E-state index contributed by atoms with van der Waals surface area (Å²) in [7, 11) is 1.00. The molecule has 9 heteroatoms. The van der Waals surface area contributed by atoms with E-state index in [1.807, 2.05) is 13.8 Å². The number of non-ortho nitro benzene ring substituents is 1. The van der Waals surface area contributed by atoms with E-state index in [1.165, 1.54) is 0 Å². The van der Waals surface area contributed by atoms with Gasteiger partial charge in [0.15, 0.2) is 5.75 Å². The average Bonchev–Trinajstić information content (AvgIpc) is 2.52. The quantitative estimate of drug-likeness (QED) is 0.577. The molecule has 0 fully saturated rings. The number of hydrogen-bond donors (Lipinski definition) is 1. The van der Waals surface area contributed by atoms with Crippen LogP contribution in [0.15, 0.2) is 12.1 Å². The molecule has 0 saturated heterocycles. The second kappa shape index (κ2) is 10.3. The SMILES string of the molecule is CCCOc1cc([N+](=O)[O-])cc([N+](=O)[O-])c1OCCC.CO. The zero-order valence-electron chi connectivity index (χ0n) is 12.8. The average molecular weight is 316 g/mol. The minimum absolute atomic E-state index is 0.0289. The highest BCUT2D eigenvalue weighted by molar-refractivity contribution is 5.62. The molecule has 0 aromatic heterocycles. The van der Waals surface area contributed by atoms with Gasteiger partial charge < -0.3 is 14.6 Å². The monoisotopic (exact) mass is 316 g/mol. The van der Waals surface area contributed by atoms with E-state index in [9.17, 15) is 20.2 Å². The first kappa shape index (κ1) is 19.6. The predicted octanol–water partition coefficient (Wildman–Crippen LogP) is 2.69. The van der Waals surface area contributed by atoms with Gasteiger partial charge in [0.25, 0.3) is 5.69 Å². The fourth-order valence-electron chi connectivity index (χ4n) is 1.48. The predicted molar refractivity (Wildman–Crippen MR) is 79.5 cm³/mol. The number of aliphatic hydroxyl groups excluding tert-OH is 1. The standard InChI is InChI=1S/C12H16N2O6.CH4O/c1-3-5-19-11-8-9(13(15)16)7-10(14(17)18)12(11)20-6-4-2;1-2/h7-8H,3-6H2,1-2H3;2H,1H3. The maximum Gasteiger partial charge on any atom is 0.321 e. The van der Waals surface area contributed by atoms with Crippen LogP contribution in [-0.2, 0) is 0 Å². The van der Waals surface area contributed by atoms with Crippen molar-refractivity contribution in [3.63, 3.8) is 0 Å². The summed E-state index contributed by atoms with van der Waals surface area (Å²) in [6.07, 6.45) is 1.32. The molecule has 0 spiro atoms. The second-order valence-corrected chi connectivity index (χ2v) is 4.00. The summed E-state index contributed by atoms with van der Waals surface area (Å²) >= 11 is 0. The normalized spacial score (nSPS) is 9.45. The number of nitro groups is 2. The number of benzene rings is 1. The highest BCUT2D eigenvalue weighted by Crippen LogP contribution is 2.41. The van der Waals surface area contributed by atoms with Crippen LogP contribution in [0, 0.1) is 20.2 Å². The first-order valence-electron chi connectivity index (χ1n) is 6.68. The molecule has 0 unspecified atom stereocenters. The third kappa shape index (κ3) is 5.52. The molecule has 0 radical (unpaired) electrons. The molecule has 0 aliphatic carbocycles. The maximum absolute atomic E-state index is 11.0. The lowest BCUT2D eigenvalue weighted by molar-refractivity contribution is -0.394. The Kier molecular flexibility index (Phi) is 9.19. The van der Waals surface area contributed by atoms with E-state index in [0.717, 1.165) is 19.2 Å². The Hall–Kier alpha value is -2.42. The molecule has 1 N–H and O–H groups in total. The molecule has 22 heavy (non-hydrogen) atoms. The van der Waals surface area contributed by atoms with Crippen molar-refractivity contribution in [1.29, 1.82) is 0 Å². The first-order chi connectivity index (χ1) is 10.5. The van der Waals surface area contributed by atoms with E-state index in [0.29, 0.717) is 19.4 Å². The number of ether oxygens (including phenoxy) is 2. The van der Waals surface area contributed by atoms with Gasteiger partial charge in [-0.05, 0) is 12.8 Å². The van der Waals surface area contributed by atoms with Crippen molar-refractivity contribution in [2.75, 3.05) is 20.3 Å². The number of aliphatic hydroxyl groups is 1. The molecule has 1 aromatic carbocycles. The molecule has 0 bridgehead atoms. The summed E-state index contributed by atoms with van der Waals surface area (Å²) in [5.41, 5.74) is -0.856. The van der Waals surface area contributed by atoms with Crippen molar-refractivity contribution in [2.45, 2.75) is 26.7 Å². The van der Waals surface area contributed by atoms with Gasteiger partial charge in [-0.2, -0.15) is 0 Å². The van der Waals surface area contributed by atoms with Crippen molar-refractivity contribution < 1.29 is 24.4 Å². The van der Waals surface area contributed by atoms with E-state index in [4.69, 9.17) is 14.6 Å². The molecule has 0 amide bonds. The molecular weight excluding hydrogens is 296 g/mol. The first-order valence-corrected chi connectivity index (χ1v) is 6.68. The summed E-state index contributed by atoms with van der Waals surface area (Å²) in [4.78, 5) is 20.4. The Morgan fingerprint density at radius 3 is 2.00 bits per heavy atom.